The molecule has 0 unspecified atom stereocenters. The van der Waals surface area contributed by atoms with Crippen molar-refractivity contribution in [2.75, 3.05) is 7.11 Å². The Kier molecular flexibility index (Phi) is 5.24. The second-order valence-corrected chi connectivity index (χ2v) is 7.59. The average molecular weight is 420 g/mol. The summed E-state index contributed by atoms with van der Waals surface area (Å²) >= 11 is 0.866. The number of nitro benzene ring substituents is 1. The molecule has 0 N–H and O–H groups in total. The lowest BCUT2D eigenvalue weighted by molar-refractivity contribution is -0.384. The molecule has 0 aromatic heterocycles. The molecule has 1 saturated heterocycles. The van der Waals surface area contributed by atoms with Crippen LogP contribution in [0.5, 0.6) is 5.75 Å². The number of nitrogens with zero attached hydrogens (tertiary/aromatic N) is 2. The minimum absolute atomic E-state index is 0.0455. The van der Waals surface area contributed by atoms with E-state index in [1.807, 2.05) is 36.4 Å². The van der Waals surface area contributed by atoms with Crippen molar-refractivity contribution in [2.24, 2.45) is 0 Å². The molecule has 0 radical (unpaired) electrons. The van der Waals surface area contributed by atoms with Gasteiger partial charge in [-0.05, 0) is 40.2 Å². The zero-order valence-corrected chi connectivity index (χ0v) is 16.7. The van der Waals surface area contributed by atoms with Crippen LogP contribution in [0.1, 0.15) is 11.1 Å². The monoisotopic (exact) mass is 420 g/mol. The summed E-state index contributed by atoms with van der Waals surface area (Å²) in [7, 11) is 1.56. The summed E-state index contributed by atoms with van der Waals surface area (Å²) in [5.41, 5.74) is 1.32. The van der Waals surface area contributed by atoms with Crippen LogP contribution in [0.3, 0.4) is 0 Å². The van der Waals surface area contributed by atoms with Gasteiger partial charge in [-0.1, -0.05) is 42.5 Å². The first-order chi connectivity index (χ1) is 14.5. The number of rotatable bonds is 5. The van der Waals surface area contributed by atoms with Crippen molar-refractivity contribution in [1.82, 2.24) is 4.90 Å². The summed E-state index contributed by atoms with van der Waals surface area (Å²) in [4.78, 5) is 37.1. The summed E-state index contributed by atoms with van der Waals surface area (Å²) in [5.74, 6) is 0.203. The molecule has 0 atom stereocenters. The molecule has 4 rings (SSSR count). The van der Waals surface area contributed by atoms with Gasteiger partial charge in [0, 0.05) is 17.7 Å². The van der Waals surface area contributed by atoms with Crippen molar-refractivity contribution in [2.45, 2.75) is 6.54 Å². The third kappa shape index (κ3) is 3.65. The number of ether oxygens (including phenoxy) is 1. The Balaban J connectivity index is 1.65. The van der Waals surface area contributed by atoms with E-state index in [2.05, 4.69) is 0 Å². The van der Waals surface area contributed by atoms with Gasteiger partial charge in [-0.3, -0.25) is 24.6 Å². The van der Waals surface area contributed by atoms with Crippen LogP contribution in [0, 0.1) is 10.1 Å². The fourth-order valence-electron chi connectivity index (χ4n) is 3.28. The van der Waals surface area contributed by atoms with Gasteiger partial charge in [-0.25, -0.2) is 0 Å². The lowest BCUT2D eigenvalue weighted by Gasteiger charge is -2.12. The summed E-state index contributed by atoms with van der Waals surface area (Å²) in [6.45, 7) is 0.0483. The topological polar surface area (TPSA) is 89.8 Å². The van der Waals surface area contributed by atoms with Gasteiger partial charge in [0.25, 0.3) is 16.8 Å². The first-order valence-electron chi connectivity index (χ1n) is 9.02. The van der Waals surface area contributed by atoms with E-state index in [9.17, 15) is 19.7 Å². The van der Waals surface area contributed by atoms with Crippen molar-refractivity contribution in [3.8, 4) is 5.75 Å². The third-order valence-corrected chi connectivity index (χ3v) is 5.69. The van der Waals surface area contributed by atoms with Crippen LogP contribution in [-0.2, 0) is 11.3 Å². The molecule has 7 nitrogen and oxygen atoms in total. The number of carbonyl (C=O) groups is 2. The van der Waals surface area contributed by atoms with Gasteiger partial charge in [0.15, 0.2) is 0 Å². The maximum atomic E-state index is 12.9. The highest BCUT2D eigenvalue weighted by atomic mass is 32.2. The van der Waals surface area contributed by atoms with Crippen molar-refractivity contribution in [3.63, 3.8) is 0 Å². The second kappa shape index (κ2) is 8.00. The van der Waals surface area contributed by atoms with Gasteiger partial charge < -0.3 is 4.74 Å². The molecule has 3 aromatic carbocycles. The van der Waals surface area contributed by atoms with Crippen molar-refractivity contribution in [3.05, 3.63) is 86.8 Å². The Bertz CT molecular complexity index is 1200. The Morgan fingerprint density at radius 3 is 2.50 bits per heavy atom. The highest BCUT2D eigenvalue weighted by Crippen LogP contribution is 2.37. The minimum Gasteiger partial charge on any atom is -0.496 e. The number of thioether (sulfide) groups is 1. The van der Waals surface area contributed by atoms with Crippen LogP contribution in [-0.4, -0.2) is 28.1 Å². The van der Waals surface area contributed by atoms with E-state index in [0.29, 0.717) is 16.2 Å². The summed E-state index contributed by atoms with van der Waals surface area (Å²) in [6, 6.07) is 17.3. The second-order valence-electron chi connectivity index (χ2n) is 6.59. The fraction of sp³-hybridized carbons (Fsp3) is 0.0909. The molecular formula is C22H16N2O5S. The van der Waals surface area contributed by atoms with Crippen LogP contribution in [0.25, 0.3) is 16.8 Å². The minimum atomic E-state index is -0.496. The summed E-state index contributed by atoms with van der Waals surface area (Å²) in [5, 5.41) is 12.3. The number of methoxy groups -OCH3 is 1. The molecule has 0 bridgehead atoms. The molecule has 0 aliphatic carbocycles. The van der Waals surface area contributed by atoms with Crippen molar-refractivity contribution in [1.29, 1.82) is 0 Å². The van der Waals surface area contributed by atoms with E-state index in [-0.39, 0.29) is 17.5 Å². The Labute approximate surface area is 176 Å². The van der Waals surface area contributed by atoms with Crippen molar-refractivity contribution >= 4 is 45.4 Å². The first kappa shape index (κ1) is 19.7. The molecule has 2 amide bonds. The van der Waals surface area contributed by atoms with Crippen LogP contribution < -0.4 is 4.74 Å². The Morgan fingerprint density at radius 1 is 1.07 bits per heavy atom. The number of fused-ring (bicyclic) bond motifs is 1. The van der Waals surface area contributed by atoms with Crippen LogP contribution in [0.15, 0.2) is 65.6 Å². The molecule has 150 valence electrons. The molecule has 1 fully saturated rings. The number of hydrogen-bond acceptors (Lipinski definition) is 6. The van der Waals surface area contributed by atoms with E-state index in [4.69, 9.17) is 4.74 Å². The Hall–Kier alpha value is -3.65. The SMILES string of the molecule is COc1ccc2ccccc2c1/C=C1\SC(=O)N(Cc2ccc([N+](=O)[O-])cc2)C1=O. The standard InChI is InChI=1S/C22H16N2O5S/c1-29-19-11-8-15-4-2-3-5-17(15)18(19)12-20-21(25)23(22(26)30-20)13-14-6-9-16(10-7-14)24(27)28/h2-12H,13H2,1H3/b20-12-. The number of carbonyl (C=O) groups excluding carboxylic acids is 2. The fourth-order valence-corrected chi connectivity index (χ4v) is 4.10. The number of amides is 2. The molecule has 8 heteroatoms. The maximum Gasteiger partial charge on any atom is 0.293 e. The largest absolute Gasteiger partial charge is 0.496 e. The predicted octanol–water partition coefficient (Wildman–Crippen LogP) is 4.99. The van der Waals surface area contributed by atoms with Gasteiger partial charge in [0.1, 0.15) is 5.75 Å². The molecule has 1 aliphatic heterocycles. The smallest absolute Gasteiger partial charge is 0.293 e. The molecule has 0 spiro atoms. The Morgan fingerprint density at radius 2 is 1.80 bits per heavy atom. The number of hydrogen-bond donors (Lipinski definition) is 0. The van der Waals surface area contributed by atoms with Crippen molar-refractivity contribution < 1.29 is 19.2 Å². The molecule has 0 saturated carbocycles. The van der Waals surface area contributed by atoms with Gasteiger partial charge in [0.05, 0.1) is 23.5 Å². The van der Waals surface area contributed by atoms with Crippen LogP contribution >= 0.6 is 11.8 Å². The lowest BCUT2D eigenvalue weighted by Crippen LogP contribution is -2.27. The van der Waals surface area contributed by atoms with E-state index in [0.717, 1.165) is 33.0 Å². The quantitative estimate of drug-likeness (QED) is 0.328. The van der Waals surface area contributed by atoms with E-state index < -0.39 is 10.8 Å². The molecular weight excluding hydrogens is 404 g/mol. The van der Waals surface area contributed by atoms with Gasteiger partial charge in [0.2, 0.25) is 0 Å². The van der Waals surface area contributed by atoms with Gasteiger partial charge in [-0.15, -0.1) is 0 Å². The van der Waals surface area contributed by atoms with E-state index in [1.54, 1.807) is 25.3 Å². The molecule has 1 aliphatic rings. The molecule has 3 aromatic rings. The van der Waals surface area contributed by atoms with Crippen LogP contribution in [0.4, 0.5) is 10.5 Å². The zero-order chi connectivity index (χ0) is 21.3. The zero-order valence-electron chi connectivity index (χ0n) is 15.9. The van der Waals surface area contributed by atoms with Gasteiger partial charge >= 0.3 is 0 Å². The predicted molar refractivity (Wildman–Crippen MR) is 115 cm³/mol. The normalized spacial score (nSPS) is 15.2. The average Bonchev–Trinajstić information content (AvgIpc) is 3.01. The highest BCUT2D eigenvalue weighted by Gasteiger charge is 2.35. The first-order valence-corrected chi connectivity index (χ1v) is 9.84. The summed E-state index contributed by atoms with van der Waals surface area (Å²) in [6.07, 6.45) is 1.68. The number of non-ortho nitro benzene ring substituents is 1. The molecule has 1 heterocycles. The number of nitro groups is 1. The maximum absolute atomic E-state index is 12.9. The number of benzene rings is 3. The number of imide groups is 1. The van der Waals surface area contributed by atoms with E-state index >= 15 is 0 Å². The van der Waals surface area contributed by atoms with Gasteiger partial charge in [-0.2, -0.15) is 0 Å². The summed E-state index contributed by atoms with van der Waals surface area (Å²) < 4.78 is 5.46. The van der Waals surface area contributed by atoms with Crippen LogP contribution in [0.2, 0.25) is 0 Å². The third-order valence-electron chi connectivity index (χ3n) is 4.79. The van der Waals surface area contributed by atoms with E-state index in [1.165, 1.54) is 12.1 Å². The lowest BCUT2D eigenvalue weighted by atomic mass is 10.0. The highest BCUT2D eigenvalue weighted by molar-refractivity contribution is 8.18. The molecule has 30 heavy (non-hydrogen) atoms.